The van der Waals surface area contributed by atoms with E-state index in [-0.39, 0.29) is 0 Å². The summed E-state index contributed by atoms with van der Waals surface area (Å²) in [5.41, 5.74) is 0.853. The van der Waals surface area contributed by atoms with Crippen molar-refractivity contribution >= 4 is 45.6 Å². The first-order valence-electron chi connectivity index (χ1n) is 3.52. The number of hydrogen-bond acceptors (Lipinski definition) is 3. The van der Waals surface area contributed by atoms with Crippen molar-refractivity contribution in [1.82, 2.24) is 4.37 Å². The Morgan fingerprint density at radius 3 is 2.69 bits per heavy atom. The van der Waals surface area contributed by atoms with Crippen molar-refractivity contribution in [1.29, 1.82) is 0 Å². The fourth-order valence-electron chi connectivity index (χ4n) is 0.644. The van der Waals surface area contributed by atoms with Crippen molar-refractivity contribution in [2.45, 2.75) is 18.2 Å². The Balaban J connectivity index is 2.65. The van der Waals surface area contributed by atoms with Crippen molar-refractivity contribution in [3.05, 3.63) is 11.8 Å². The number of hydrogen-bond donors (Lipinski definition) is 1. The third-order valence-electron chi connectivity index (χ3n) is 1.26. The average molecular weight is 239 g/mol. The maximum atomic E-state index is 11.2. The van der Waals surface area contributed by atoms with Gasteiger partial charge in [-0.15, -0.1) is 0 Å². The van der Waals surface area contributed by atoms with Crippen LogP contribution in [-0.2, 0) is 4.79 Å². The van der Waals surface area contributed by atoms with Gasteiger partial charge in [-0.3, -0.25) is 4.79 Å². The number of amides is 1. The van der Waals surface area contributed by atoms with Gasteiger partial charge in [0.15, 0.2) is 4.33 Å². The van der Waals surface area contributed by atoms with Crippen molar-refractivity contribution in [3.8, 4) is 0 Å². The lowest BCUT2D eigenvalue weighted by molar-refractivity contribution is -0.116. The lowest BCUT2D eigenvalue weighted by Gasteiger charge is -2.11. The van der Waals surface area contributed by atoms with Gasteiger partial charge in [-0.1, -0.05) is 23.2 Å². The molecule has 13 heavy (non-hydrogen) atoms. The number of rotatable bonds is 2. The minimum absolute atomic E-state index is 0.445. The molecule has 1 amide bonds. The average Bonchev–Trinajstić information content (AvgIpc) is 2.33. The molecule has 0 aliphatic carbocycles. The third kappa shape index (κ3) is 3.14. The molecular formula is C7H8Cl2N2OS. The molecule has 1 heterocycles. The van der Waals surface area contributed by atoms with Gasteiger partial charge in [0.25, 0.3) is 5.91 Å². The maximum absolute atomic E-state index is 11.2. The molecule has 1 aromatic rings. The molecule has 0 saturated heterocycles. The van der Waals surface area contributed by atoms with E-state index in [0.29, 0.717) is 5.00 Å². The molecule has 0 aliphatic rings. The Bertz CT molecular complexity index is 319. The Labute approximate surface area is 90.2 Å². The molecule has 72 valence electrons. The van der Waals surface area contributed by atoms with Gasteiger partial charge in [0.05, 0.1) is 5.69 Å². The van der Waals surface area contributed by atoms with Crippen LogP contribution in [0.15, 0.2) is 6.07 Å². The van der Waals surface area contributed by atoms with Crippen LogP contribution >= 0.6 is 34.7 Å². The van der Waals surface area contributed by atoms with E-state index in [1.165, 1.54) is 18.5 Å². The zero-order valence-corrected chi connectivity index (χ0v) is 9.43. The van der Waals surface area contributed by atoms with E-state index < -0.39 is 10.2 Å². The van der Waals surface area contributed by atoms with Gasteiger partial charge in [-0.25, -0.2) is 0 Å². The molecular weight excluding hydrogens is 231 g/mol. The summed E-state index contributed by atoms with van der Waals surface area (Å²) in [7, 11) is 0. The molecule has 6 heteroatoms. The second-order valence-corrected chi connectivity index (χ2v) is 5.19. The van der Waals surface area contributed by atoms with Crippen LogP contribution in [0.3, 0.4) is 0 Å². The van der Waals surface area contributed by atoms with Gasteiger partial charge in [-0.2, -0.15) is 4.37 Å². The topological polar surface area (TPSA) is 42.0 Å². The summed E-state index contributed by atoms with van der Waals surface area (Å²) < 4.78 is 2.59. The highest BCUT2D eigenvalue weighted by Crippen LogP contribution is 2.23. The van der Waals surface area contributed by atoms with Gasteiger partial charge >= 0.3 is 0 Å². The van der Waals surface area contributed by atoms with Crippen LogP contribution in [0, 0.1) is 6.92 Å². The summed E-state index contributed by atoms with van der Waals surface area (Å²) in [5, 5.41) is 3.20. The second-order valence-electron chi connectivity index (χ2n) is 2.68. The molecule has 3 nitrogen and oxygen atoms in total. The third-order valence-corrected chi connectivity index (χ3v) is 2.40. The van der Waals surface area contributed by atoms with Gasteiger partial charge in [0.2, 0.25) is 0 Å². The van der Waals surface area contributed by atoms with Crippen molar-refractivity contribution < 1.29 is 4.79 Å². The molecule has 0 unspecified atom stereocenters. The van der Waals surface area contributed by atoms with E-state index in [4.69, 9.17) is 23.2 Å². The fourth-order valence-corrected chi connectivity index (χ4v) is 1.40. The molecule has 0 bridgehead atoms. The Kier molecular flexibility index (Phi) is 3.16. The quantitative estimate of drug-likeness (QED) is 0.806. The molecule has 1 aromatic heterocycles. The number of anilines is 1. The number of aromatic nitrogens is 1. The number of nitrogens with one attached hydrogen (secondary N) is 1. The molecule has 1 rings (SSSR count). The highest BCUT2D eigenvalue weighted by Gasteiger charge is 2.27. The molecule has 0 saturated carbocycles. The van der Waals surface area contributed by atoms with Gasteiger partial charge in [0, 0.05) is 0 Å². The maximum Gasteiger partial charge on any atom is 0.261 e. The zero-order chi connectivity index (χ0) is 10.1. The first kappa shape index (κ1) is 10.8. The van der Waals surface area contributed by atoms with Crippen LogP contribution in [0.4, 0.5) is 5.00 Å². The number of halogens is 2. The van der Waals surface area contributed by atoms with E-state index in [0.717, 1.165) is 5.69 Å². The summed E-state index contributed by atoms with van der Waals surface area (Å²) in [6.45, 7) is 3.26. The SMILES string of the molecule is Cc1cc(NC(=O)C(C)(Cl)Cl)sn1. The number of aryl methyl sites for hydroxylation is 1. The monoisotopic (exact) mass is 238 g/mol. The van der Waals surface area contributed by atoms with E-state index >= 15 is 0 Å². The van der Waals surface area contributed by atoms with Crippen LogP contribution in [0.25, 0.3) is 0 Å². The number of carbonyl (C=O) groups is 1. The first-order valence-corrected chi connectivity index (χ1v) is 5.05. The Morgan fingerprint density at radius 1 is 1.69 bits per heavy atom. The smallest absolute Gasteiger partial charge is 0.261 e. The Morgan fingerprint density at radius 2 is 2.31 bits per heavy atom. The molecule has 0 fully saturated rings. The van der Waals surface area contributed by atoms with E-state index in [1.807, 2.05) is 6.92 Å². The summed E-state index contributed by atoms with van der Waals surface area (Å²) in [6.07, 6.45) is 0. The predicted octanol–water partition coefficient (Wildman–Crippen LogP) is 2.58. The molecule has 0 aromatic carbocycles. The fraction of sp³-hybridized carbons (Fsp3) is 0.429. The van der Waals surface area contributed by atoms with Crippen molar-refractivity contribution in [3.63, 3.8) is 0 Å². The molecule has 0 aliphatic heterocycles. The van der Waals surface area contributed by atoms with E-state index in [1.54, 1.807) is 6.07 Å². The molecule has 0 atom stereocenters. The first-order chi connectivity index (χ1) is 5.89. The summed E-state index contributed by atoms with van der Waals surface area (Å²) >= 11 is 12.4. The summed E-state index contributed by atoms with van der Waals surface area (Å²) in [6, 6.07) is 1.75. The van der Waals surface area contributed by atoms with Crippen LogP contribution in [0.2, 0.25) is 0 Å². The van der Waals surface area contributed by atoms with Gasteiger partial charge in [0.1, 0.15) is 5.00 Å². The second kappa shape index (κ2) is 3.82. The summed E-state index contributed by atoms with van der Waals surface area (Å²) in [5.74, 6) is -0.445. The zero-order valence-electron chi connectivity index (χ0n) is 7.10. The normalized spacial score (nSPS) is 11.4. The lowest BCUT2D eigenvalue weighted by atomic mass is 10.4. The van der Waals surface area contributed by atoms with Crippen molar-refractivity contribution in [2.24, 2.45) is 0 Å². The molecule has 0 radical (unpaired) electrons. The number of nitrogens with zero attached hydrogens (tertiary/aromatic N) is 1. The van der Waals surface area contributed by atoms with Crippen LogP contribution in [0.1, 0.15) is 12.6 Å². The number of alkyl halides is 2. The van der Waals surface area contributed by atoms with E-state index in [9.17, 15) is 4.79 Å². The van der Waals surface area contributed by atoms with E-state index in [2.05, 4.69) is 9.69 Å². The van der Waals surface area contributed by atoms with Gasteiger partial charge in [-0.05, 0) is 31.4 Å². The highest BCUT2D eigenvalue weighted by molar-refractivity contribution is 7.10. The minimum Gasteiger partial charge on any atom is -0.314 e. The standard InChI is InChI=1S/C7H8Cl2N2OS/c1-4-3-5(13-11-4)10-6(12)7(2,8)9/h3H,1-2H3,(H,10,12). The number of carbonyl (C=O) groups excluding carboxylic acids is 1. The minimum atomic E-state index is -1.40. The van der Waals surface area contributed by atoms with Crippen LogP contribution < -0.4 is 5.32 Å². The largest absolute Gasteiger partial charge is 0.314 e. The molecule has 0 spiro atoms. The van der Waals surface area contributed by atoms with Gasteiger partial charge < -0.3 is 5.32 Å². The van der Waals surface area contributed by atoms with Crippen molar-refractivity contribution in [2.75, 3.05) is 5.32 Å². The molecule has 1 N–H and O–H groups in total. The lowest BCUT2D eigenvalue weighted by Crippen LogP contribution is -2.28. The van der Waals surface area contributed by atoms with Crippen LogP contribution in [0.5, 0.6) is 0 Å². The van der Waals surface area contributed by atoms with Crippen LogP contribution in [-0.4, -0.2) is 14.6 Å². The predicted molar refractivity (Wildman–Crippen MR) is 55.6 cm³/mol. The Hall–Kier alpha value is -0.320. The highest BCUT2D eigenvalue weighted by atomic mass is 35.5. The summed E-state index contributed by atoms with van der Waals surface area (Å²) in [4.78, 5) is 11.2.